The molecule has 1 unspecified atom stereocenters. The number of hydrogen-bond acceptors (Lipinski definition) is 3. The van der Waals surface area contributed by atoms with E-state index in [0.29, 0.717) is 0 Å². The van der Waals surface area contributed by atoms with Crippen molar-refractivity contribution < 1.29 is 0 Å². The molecular weight excluding hydrogens is 607 g/mol. The fourth-order valence-electron chi connectivity index (χ4n) is 7.84. The van der Waals surface area contributed by atoms with Gasteiger partial charge < -0.3 is 11.1 Å². The van der Waals surface area contributed by atoms with Gasteiger partial charge in [-0.05, 0) is 79.9 Å². The summed E-state index contributed by atoms with van der Waals surface area (Å²) in [7, 11) is 0. The van der Waals surface area contributed by atoms with Gasteiger partial charge in [0.05, 0.1) is 11.5 Å². The Morgan fingerprint density at radius 2 is 1.06 bits per heavy atom. The maximum absolute atomic E-state index is 6.09. The molecule has 50 heavy (non-hydrogen) atoms. The van der Waals surface area contributed by atoms with Gasteiger partial charge in [-0.25, -0.2) is 0 Å². The van der Waals surface area contributed by atoms with E-state index in [1.807, 2.05) is 24.3 Å². The zero-order chi connectivity index (χ0) is 33.5. The lowest BCUT2D eigenvalue weighted by atomic mass is 9.67. The predicted octanol–water partition coefficient (Wildman–Crippen LogP) is 10.4. The van der Waals surface area contributed by atoms with Crippen LogP contribution in [0.3, 0.4) is 0 Å². The van der Waals surface area contributed by atoms with Crippen LogP contribution in [0, 0.1) is 0 Å². The summed E-state index contributed by atoms with van der Waals surface area (Å²) in [6.07, 6.45) is 2.26. The number of anilines is 1. The first kappa shape index (κ1) is 29.7. The molecular formula is C47H35N3. The van der Waals surface area contributed by atoms with Gasteiger partial charge >= 0.3 is 0 Å². The molecule has 0 aromatic heterocycles. The van der Waals surface area contributed by atoms with Gasteiger partial charge in [0.1, 0.15) is 5.84 Å². The van der Waals surface area contributed by atoms with Gasteiger partial charge in [0, 0.05) is 16.9 Å². The minimum atomic E-state index is -0.466. The Morgan fingerprint density at radius 1 is 0.480 bits per heavy atom. The van der Waals surface area contributed by atoms with Crippen molar-refractivity contribution in [2.24, 2.45) is 4.99 Å². The molecule has 238 valence electrons. The van der Waals surface area contributed by atoms with Gasteiger partial charge in [0.2, 0.25) is 0 Å². The van der Waals surface area contributed by atoms with E-state index in [1.54, 1.807) is 0 Å². The van der Waals surface area contributed by atoms with E-state index in [-0.39, 0.29) is 6.04 Å². The molecule has 0 spiro atoms. The second-order valence-corrected chi connectivity index (χ2v) is 13.0. The standard InChI is InChI=1S/C47H35N3/c48-39-20-12-15-35(30-39)32-25-27-33(28-26-32)44-31-45(50-46(49-44)34-13-3-1-4-14-34)36-16-11-19-38(29-36)47(37-17-5-2-6-18-37)42-23-9-7-21-40(42)41-22-8-10-24-43(41)47/h1-31,44H,48H2,(H,49,50). The minimum absolute atomic E-state index is 0.170. The lowest BCUT2D eigenvalue weighted by Crippen LogP contribution is -2.30. The van der Waals surface area contributed by atoms with Gasteiger partial charge in [-0.3, -0.25) is 4.99 Å². The highest BCUT2D eigenvalue weighted by molar-refractivity contribution is 6.05. The fourth-order valence-corrected chi connectivity index (χ4v) is 7.84. The van der Waals surface area contributed by atoms with E-state index >= 15 is 0 Å². The molecule has 1 aliphatic heterocycles. The van der Waals surface area contributed by atoms with Crippen LogP contribution in [-0.4, -0.2) is 5.84 Å². The molecule has 0 saturated carbocycles. The number of fused-ring (bicyclic) bond motifs is 3. The normalized spacial score (nSPS) is 15.6. The van der Waals surface area contributed by atoms with Crippen LogP contribution in [0.2, 0.25) is 0 Å². The van der Waals surface area contributed by atoms with Crippen LogP contribution in [0.1, 0.15) is 45.0 Å². The Kier molecular flexibility index (Phi) is 7.25. The topological polar surface area (TPSA) is 50.4 Å². The Labute approximate surface area is 293 Å². The van der Waals surface area contributed by atoms with E-state index in [4.69, 9.17) is 10.7 Å². The lowest BCUT2D eigenvalue weighted by molar-refractivity contribution is 0.767. The second kappa shape index (κ2) is 12.2. The van der Waals surface area contributed by atoms with Gasteiger partial charge in [-0.1, -0.05) is 164 Å². The molecule has 1 atom stereocenters. The van der Waals surface area contributed by atoms with Crippen LogP contribution in [0.5, 0.6) is 0 Å². The highest BCUT2D eigenvalue weighted by Gasteiger charge is 2.45. The quantitative estimate of drug-likeness (QED) is 0.178. The minimum Gasteiger partial charge on any atom is -0.399 e. The molecule has 7 aromatic rings. The van der Waals surface area contributed by atoms with Crippen molar-refractivity contribution in [3.8, 4) is 22.3 Å². The van der Waals surface area contributed by atoms with Crippen LogP contribution < -0.4 is 11.1 Å². The molecule has 0 amide bonds. The highest BCUT2D eigenvalue weighted by atomic mass is 15.0. The van der Waals surface area contributed by atoms with Crippen LogP contribution in [0.15, 0.2) is 193 Å². The number of hydrogen-bond donors (Lipinski definition) is 2. The molecule has 0 radical (unpaired) electrons. The smallest absolute Gasteiger partial charge is 0.133 e. The van der Waals surface area contributed by atoms with Crippen LogP contribution >= 0.6 is 0 Å². The van der Waals surface area contributed by atoms with Crippen LogP contribution in [0.4, 0.5) is 5.69 Å². The van der Waals surface area contributed by atoms with Gasteiger partial charge in [0.25, 0.3) is 0 Å². The Bertz CT molecular complexity index is 2360. The maximum Gasteiger partial charge on any atom is 0.133 e. The number of nitrogens with two attached hydrogens (primary N) is 1. The molecule has 7 aromatic carbocycles. The fraction of sp³-hybridized carbons (Fsp3) is 0.0426. The van der Waals surface area contributed by atoms with Crippen LogP contribution in [-0.2, 0) is 5.41 Å². The number of aliphatic imine (C=N–C) groups is 1. The molecule has 1 aliphatic carbocycles. The number of benzene rings is 7. The first-order valence-corrected chi connectivity index (χ1v) is 17.1. The summed E-state index contributed by atoms with van der Waals surface area (Å²) in [5.41, 5.74) is 20.6. The van der Waals surface area contributed by atoms with E-state index in [1.165, 1.54) is 33.4 Å². The number of rotatable bonds is 6. The largest absolute Gasteiger partial charge is 0.399 e. The Balaban J connectivity index is 1.18. The summed E-state index contributed by atoms with van der Waals surface area (Å²) in [5, 5.41) is 3.73. The van der Waals surface area contributed by atoms with Crippen molar-refractivity contribution in [2.45, 2.75) is 11.5 Å². The van der Waals surface area contributed by atoms with Gasteiger partial charge in [-0.2, -0.15) is 0 Å². The molecule has 0 bridgehead atoms. The summed E-state index contributed by atoms with van der Waals surface area (Å²) in [6.45, 7) is 0. The van der Waals surface area contributed by atoms with Crippen molar-refractivity contribution in [1.82, 2.24) is 5.32 Å². The number of amidine groups is 1. The zero-order valence-electron chi connectivity index (χ0n) is 27.5. The summed E-state index contributed by atoms with van der Waals surface area (Å²) < 4.78 is 0. The van der Waals surface area contributed by atoms with Crippen LogP contribution in [0.25, 0.3) is 28.0 Å². The molecule has 1 heterocycles. The molecule has 3 N–H and O–H groups in total. The van der Waals surface area contributed by atoms with Crippen molar-refractivity contribution >= 4 is 17.2 Å². The molecule has 0 fully saturated rings. The van der Waals surface area contributed by atoms with E-state index in [0.717, 1.165) is 45.0 Å². The summed E-state index contributed by atoms with van der Waals surface area (Å²) >= 11 is 0. The van der Waals surface area contributed by atoms with Crippen molar-refractivity contribution in [2.75, 3.05) is 5.73 Å². The summed E-state index contributed by atoms with van der Waals surface area (Å²) in [5.74, 6) is 0.854. The maximum atomic E-state index is 6.09. The van der Waals surface area contributed by atoms with Crippen molar-refractivity contribution in [1.29, 1.82) is 0 Å². The lowest BCUT2D eigenvalue weighted by Gasteiger charge is -2.34. The first-order chi connectivity index (χ1) is 24.7. The number of nitrogens with zero attached hydrogens (tertiary/aromatic N) is 1. The predicted molar refractivity (Wildman–Crippen MR) is 207 cm³/mol. The van der Waals surface area contributed by atoms with E-state index in [9.17, 15) is 0 Å². The van der Waals surface area contributed by atoms with E-state index < -0.39 is 5.41 Å². The summed E-state index contributed by atoms with van der Waals surface area (Å²) in [4.78, 5) is 5.24. The van der Waals surface area contributed by atoms with Gasteiger partial charge in [0.15, 0.2) is 0 Å². The Hall–Kier alpha value is -6.45. The third-order valence-corrected chi connectivity index (χ3v) is 10.1. The highest BCUT2D eigenvalue weighted by Crippen LogP contribution is 2.56. The van der Waals surface area contributed by atoms with Gasteiger partial charge in [-0.15, -0.1) is 0 Å². The molecule has 0 saturated heterocycles. The monoisotopic (exact) mass is 641 g/mol. The SMILES string of the molecule is Nc1cccc(-c2ccc(C3C=C(c4cccc(C5(c6ccccc6)c6ccccc6-c6ccccc65)c4)NC(c4ccccc4)=N3)cc2)c1. The molecule has 9 rings (SSSR count). The number of nitrogen functional groups attached to an aromatic ring is 1. The third-order valence-electron chi connectivity index (χ3n) is 10.1. The third kappa shape index (κ3) is 4.94. The Morgan fingerprint density at radius 3 is 1.76 bits per heavy atom. The second-order valence-electron chi connectivity index (χ2n) is 13.0. The van der Waals surface area contributed by atoms with E-state index in [2.05, 4.69) is 169 Å². The molecule has 3 nitrogen and oxygen atoms in total. The van der Waals surface area contributed by atoms with Crippen molar-refractivity contribution in [3.63, 3.8) is 0 Å². The zero-order valence-corrected chi connectivity index (χ0v) is 27.5. The average Bonchev–Trinajstić information content (AvgIpc) is 3.50. The number of nitrogens with one attached hydrogen (secondary N) is 1. The summed E-state index contributed by atoms with van der Waals surface area (Å²) in [6, 6.07) is 64.7. The molecule has 3 heteroatoms. The first-order valence-electron chi connectivity index (χ1n) is 17.1. The van der Waals surface area contributed by atoms with Crippen molar-refractivity contribution in [3.05, 3.63) is 227 Å². The molecule has 2 aliphatic rings. The average molecular weight is 642 g/mol.